The predicted molar refractivity (Wildman–Crippen MR) is 164 cm³/mol. The highest BCUT2D eigenvalue weighted by molar-refractivity contribution is 7.92. The van der Waals surface area contributed by atoms with Crippen molar-refractivity contribution in [1.29, 1.82) is 0 Å². The van der Waals surface area contributed by atoms with Crippen LogP contribution in [0.4, 0.5) is 5.69 Å². The number of hydrogen-bond acceptors (Lipinski definition) is 4. The molecule has 41 heavy (non-hydrogen) atoms. The maximum absolute atomic E-state index is 14.1. The van der Waals surface area contributed by atoms with Crippen molar-refractivity contribution in [3.05, 3.63) is 93.4 Å². The number of halogens is 3. The lowest BCUT2D eigenvalue weighted by molar-refractivity contribution is -0.140. The second-order valence-electron chi connectivity index (χ2n) is 10.0. The Labute approximate surface area is 256 Å². The van der Waals surface area contributed by atoms with Crippen LogP contribution in [0.25, 0.3) is 0 Å². The van der Waals surface area contributed by atoms with Gasteiger partial charge < -0.3 is 10.2 Å². The first-order valence-corrected chi connectivity index (χ1v) is 16.0. The van der Waals surface area contributed by atoms with Gasteiger partial charge in [0.25, 0.3) is 10.0 Å². The molecule has 1 atom stereocenters. The van der Waals surface area contributed by atoms with E-state index >= 15 is 0 Å². The first kappa shape index (κ1) is 31.2. The van der Waals surface area contributed by atoms with Gasteiger partial charge in [0.1, 0.15) is 12.6 Å². The van der Waals surface area contributed by atoms with E-state index in [1.54, 1.807) is 42.5 Å². The molecule has 11 heteroatoms. The second-order valence-corrected chi connectivity index (χ2v) is 13.2. The molecule has 3 aromatic carbocycles. The van der Waals surface area contributed by atoms with Crippen LogP contribution in [-0.2, 0) is 26.2 Å². The summed E-state index contributed by atoms with van der Waals surface area (Å²) < 4.78 is 28.8. The average Bonchev–Trinajstić information content (AvgIpc) is 3.45. The average molecular weight is 637 g/mol. The number of sulfonamides is 1. The standard InChI is InChI=1S/C30H32Cl3N3O4S/c1-2-28(30(38)34-25-8-6-7-9-25)35(19-21-12-14-22(31)15-13-21)29(37)20-36(26-17-23(32)16-24(33)18-26)41(39,40)27-10-4-3-5-11-27/h3-5,10-18,25,28H,2,6-9,19-20H2,1H3,(H,34,38). The Bertz CT molecular complexity index is 1440. The van der Waals surface area contributed by atoms with Crippen molar-refractivity contribution in [2.24, 2.45) is 0 Å². The second kappa shape index (κ2) is 13.9. The topological polar surface area (TPSA) is 86.8 Å². The number of amides is 2. The maximum atomic E-state index is 14.1. The minimum atomic E-state index is -4.22. The number of nitrogens with zero attached hydrogens (tertiary/aromatic N) is 2. The molecule has 2 amide bonds. The molecule has 0 radical (unpaired) electrons. The summed E-state index contributed by atoms with van der Waals surface area (Å²) in [4.78, 5) is 29.1. The Morgan fingerprint density at radius 1 is 0.902 bits per heavy atom. The summed E-state index contributed by atoms with van der Waals surface area (Å²) in [5.41, 5.74) is 0.882. The van der Waals surface area contributed by atoms with Crippen molar-refractivity contribution in [3.8, 4) is 0 Å². The Hall–Kier alpha value is -2.78. The molecule has 7 nitrogen and oxygen atoms in total. The van der Waals surface area contributed by atoms with Crippen molar-refractivity contribution < 1.29 is 18.0 Å². The SMILES string of the molecule is CCC(C(=O)NC1CCCC1)N(Cc1ccc(Cl)cc1)C(=O)CN(c1cc(Cl)cc(Cl)c1)S(=O)(=O)c1ccccc1. The molecular weight excluding hydrogens is 605 g/mol. The highest BCUT2D eigenvalue weighted by Gasteiger charge is 2.34. The Morgan fingerprint density at radius 3 is 2.10 bits per heavy atom. The summed E-state index contributed by atoms with van der Waals surface area (Å²) in [6.07, 6.45) is 4.22. The van der Waals surface area contributed by atoms with E-state index in [1.807, 2.05) is 6.92 Å². The normalized spacial score (nSPS) is 14.4. The molecule has 1 unspecified atom stereocenters. The third-order valence-electron chi connectivity index (χ3n) is 7.10. The lowest BCUT2D eigenvalue weighted by Gasteiger charge is -2.34. The van der Waals surface area contributed by atoms with Gasteiger partial charge >= 0.3 is 0 Å². The van der Waals surface area contributed by atoms with Crippen LogP contribution in [0, 0.1) is 0 Å². The van der Waals surface area contributed by atoms with Crippen LogP contribution in [0.1, 0.15) is 44.6 Å². The van der Waals surface area contributed by atoms with E-state index in [2.05, 4.69) is 5.32 Å². The molecule has 1 fully saturated rings. The van der Waals surface area contributed by atoms with Gasteiger partial charge in [-0.1, -0.05) is 84.9 Å². The van der Waals surface area contributed by atoms with Gasteiger partial charge in [-0.3, -0.25) is 13.9 Å². The van der Waals surface area contributed by atoms with E-state index in [4.69, 9.17) is 34.8 Å². The first-order valence-electron chi connectivity index (χ1n) is 13.5. The lowest BCUT2D eigenvalue weighted by Crippen LogP contribution is -2.53. The molecule has 1 saturated carbocycles. The summed E-state index contributed by atoms with van der Waals surface area (Å²) in [5, 5.41) is 4.07. The van der Waals surface area contributed by atoms with Crippen molar-refractivity contribution in [1.82, 2.24) is 10.2 Å². The molecule has 1 aliphatic rings. The molecule has 0 spiro atoms. The van der Waals surface area contributed by atoms with Crippen molar-refractivity contribution in [3.63, 3.8) is 0 Å². The van der Waals surface area contributed by atoms with E-state index in [1.165, 1.54) is 35.2 Å². The fraction of sp³-hybridized carbons (Fsp3) is 0.333. The first-order chi connectivity index (χ1) is 19.6. The van der Waals surface area contributed by atoms with Gasteiger partial charge in [0.2, 0.25) is 11.8 Å². The Morgan fingerprint density at radius 2 is 1.51 bits per heavy atom. The van der Waals surface area contributed by atoms with Crippen molar-refractivity contribution in [2.75, 3.05) is 10.8 Å². The number of rotatable bonds is 11. The van der Waals surface area contributed by atoms with Gasteiger partial charge in [-0.05, 0) is 67.3 Å². The van der Waals surface area contributed by atoms with Gasteiger partial charge in [0.05, 0.1) is 10.6 Å². The van der Waals surface area contributed by atoms with Gasteiger partial charge in [-0.15, -0.1) is 0 Å². The van der Waals surface area contributed by atoms with Crippen LogP contribution >= 0.6 is 34.8 Å². The van der Waals surface area contributed by atoms with Crippen LogP contribution < -0.4 is 9.62 Å². The monoisotopic (exact) mass is 635 g/mol. The van der Waals surface area contributed by atoms with Crippen LogP contribution in [0.15, 0.2) is 77.7 Å². The summed E-state index contributed by atoms with van der Waals surface area (Å²) in [5.74, 6) is -0.811. The van der Waals surface area contributed by atoms with Crippen LogP contribution in [0.3, 0.4) is 0 Å². The molecule has 0 heterocycles. The van der Waals surface area contributed by atoms with Crippen LogP contribution in [0.2, 0.25) is 15.1 Å². The molecule has 1 aliphatic carbocycles. The number of nitrogens with one attached hydrogen (secondary N) is 1. The fourth-order valence-corrected chi connectivity index (χ4v) is 7.06. The van der Waals surface area contributed by atoms with E-state index in [9.17, 15) is 18.0 Å². The predicted octanol–water partition coefficient (Wildman–Crippen LogP) is 6.71. The smallest absolute Gasteiger partial charge is 0.264 e. The molecule has 218 valence electrons. The van der Waals surface area contributed by atoms with Gasteiger partial charge in [-0.25, -0.2) is 8.42 Å². The highest BCUT2D eigenvalue weighted by Crippen LogP contribution is 2.30. The fourth-order valence-electron chi connectivity index (χ4n) is 5.01. The number of carbonyl (C=O) groups is 2. The van der Waals surface area contributed by atoms with Gasteiger partial charge in [-0.2, -0.15) is 0 Å². The Kier molecular flexibility index (Phi) is 10.6. The zero-order valence-electron chi connectivity index (χ0n) is 22.6. The van der Waals surface area contributed by atoms with Gasteiger partial charge in [0.15, 0.2) is 0 Å². The molecule has 0 saturated heterocycles. The number of hydrogen-bond donors (Lipinski definition) is 1. The molecule has 0 aliphatic heterocycles. The molecule has 3 aromatic rings. The third kappa shape index (κ3) is 7.95. The minimum Gasteiger partial charge on any atom is -0.352 e. The third-order valence-corrected chi connectivity index (χ3v) is 9.58. The zero-order valence-corrected chi connectivity index (χ0v) is 25.7. The van der Waals surface area contributed by atoms with Gasteiger partial charge in [0, 0.05) is 27.7 Å². The largest absolute Gasteiger partial charge is 0.352 e. The van der Waals surface area contributed by atoms with E-state index < -0.39 is 28.5 Å². The number of anilines is 1. The zero-order chi connectivity index (χ0) is 29.6. The molecule has 1 N–H and O–H groups in total. The summed E-state index contributed by atoms with van der Waals surface area (Å²) in [6, 6.07) is 18.4. The number of carbonyl (C=O) groups excluding carboxylic acids is 2. The number of benzene rings is 3. The molecule has 4 rings (SSSR count). The highest BCUT2D eigenvalue weighted by atomic mass is 35.5. The summed E-state index contributed by atoms with van der Waals surface area (Å²) in [7, 11) is -4.22. The van der Waals surface area contributed by atoms with Crippen molar-refractivity contribution >= 4 is 62.3 Å². The van der Waals surface area contributed by atoms with E-state index in [-0.39, 0.29) is 39.1 Å². The Balaban J connectivity index is 1.72. The molecule has 0 aromatic heterocycles. The molecule has 0 bridgehead atoms. The lowest BCUT2D eigenvalue weighted by atomic mass is 10.1. The van der Waals surface area contributed by atoms with Crippen LogP contribution in [0.5, 0.6) is 0 Å². The van der Waals surface area contributed by atoms with Crippen molar-refractivity contribution in [2.45, 2.75) is 62.6 Å². The summed E-state index contributed by atoms with van der Waals surface area (Å²) in [6.45, 7) is 1.34. The molecular formula is C30H32Cl3N3O4S. The minimum absolute atomic E-state index is 0.000771. The van der Waals surface area contributed by atoms with E-state index in [0.717, 1.165) is 35.6 Å². The summed E-state index contributed by atoms with van der Waals surface area (Å²) >= 11 is 18.6. The van der Waals surface area contributed by atoms with Crippen LogP contribution in [-0.4, -0.2) is 43.8 Å². The quantitative estimate of drug-likeness (QED) is 0.254. The maximum Gasteiger partial charge on any atom is 0.264 e. The van der Waals surface area contributed by atoms with E-state index in [0.29, 0.717) is 11.4 Å².